The van der Waals surface area contributed by atoms with Crippen molar-refractivity contribution in [2.45, 2.75) is 25.3 Å². The maximum atomic E-state index is 11.0. The van der Waals surface area contributed by atoms with Crippen molar-refractivity contribution in [3.05, 3.63) is 18.0 Å². The second-order valence-corrected chi connectivity index (χ2v) is 4.47. The number of aliphatic carboxylic acids is 1. The van der Waals surface area contributed by atoms with Gasteiger partial charge in [-0.2, -0.15) is 5.10 Å². The third-order valence-electron chi connectivity index (χ3n) is 3.23. The quantitative estimate of drug-likeness (QED) is 0.828. The van der Waals surface area contributed by atoms with E-state index in [1.165, 1.54) is 0 Å². The molecule has 2 unspecified atom stereocenters. The van der Waals surface area contributed by atoms with E-state index in [2.05, 4.69) is 17.0 Å². The second kappa shape index (κ2) is 4.25. The highest BCUT2D eigenvalue weighted by atomic mass is 16.4. The summed E-state index contributed by atoms with van der Waals surface area (Å²) >= 11 is 0. The summed E-state index contributed by atoms with van der Waals surface area (Å²) in [6, 6.07) is 2.12. The molecular weight excluding hydrogens is 206 g/mol. The molecule has 0 spiro atoms. The number of hydrogen-bond acceptors (Lipinski definition) is 3. The predicted molar refractivity (Wildman–Crippen MR) is 59.4 cm³/mol. The molecule has 2 heterocycles. The molecule has 2 atom stereocenters. The standard InChI is InChI=1S/C11H17N3O2/c1-8(11(15)16)10-3-5-12-14(10)9-4-6-13(2)7-9/h3,5,8-9H,4,6-7H2,1-2H3,(H,15,16). The van der Waals surface area contributed by atoms with E-state index in [0.29, 0.717) is 6.04 Å². The molecule has 1 saturated heterocycles. The molecule has 1 aromatic heterocycles. The van der Waals surface area contributed by atoms with Crippen molar-refractivity contribution in [1.82, 2.24) is 14.7 Å². The van der Waals surface area contributed by atoms with E-state index in [-0.39, 0.29) is 0 Å². The number of hydrogen-bond donors (Lipinski definition) is 1. The number of nitrogens with zero attached hydrogens (tertiary/aromatic N) is 3. The Kier molecular flexibility index (Phi) is 2.96. The number of carboxylic acid groups (broad SMARTS) is 1. The van der Waals surface area contributed by atoms with E-state index in [0.717, 1.165) is 25.2 Å². The summed E-state index contributed by atoms with van der Waals surface area (Å²) in [7, 11) is 2.07. The minimum atomic E-state index is -0.798. The average Bonchev–Trinajstić information content (AvgIpc) is 2.83. The second-order valence-electron chi connectivity index (χ2n) is 4.47. The van der Waals surface area contributed by atoms with E-state index in [1.807, 2.05) is 4.68 Å². The lowest BCUT2D eigenvalue weighted by Crippen LogP contribution is -2.21. The molecule has 0 amide bonds. The summed E-state index contributed by atoms with van der Waals surface area (Å²) in [6.07, 6.45) is 2.73. The van der Waals surface area contributed by atoms with Crippen molar-refractivity contribution >= 4 is 5.97 Å². The zero-order valence-electron chi connectivity index (χ0n) is 9.63. The maximum absolute atomic E-state index is 11.0. The first kappa shape index (κ1) is 11.1. The molecule has 1 fully saturated rings. The Morgan fingerprint density at radius 2 is 2.44 bits per heavy atom. The van der Waals surface area contributed by atoms with Gasteiger partial charge in [0.1, 0.15) is 0 Å². The van der Waals surface area contributed by atoms with Crippen LogP contribution < -0.4 is 0 Å². The zero-order chi connectivity index (χ0) is 11.7. The minimum Gasteiger partial charge on any atom is -0.481 e. The molecule has 88 valence electrons. The van der Waals surface area contributed by atoms with Gasteiger partial charge in [0, 0.05) is 12.7 Å². The molecule has 16 heavy (non-hydrogen) atoms. The van der Waals surface area contributed by atoms with Gasteiger partial charge in [-0.05, 0) is 33.0 Å². The van der Waals surface area contributed by atoms with E-state index in [1.54, 1.807) is 19.2 Å². The van der Waals surface area contributed by atoms with Crippen LogP contribution in [0.15, 0.2) is 12.3 Å². The molecule has 1 aliphatic heterocycles. The van der Waals surface area contributed by atoms with Crippen molar-refractivity contribution in [2.75, 3.05) is 20.1 Å². The van der Waals surface area contributed by atoms with Gasteiger partial charge in [-0.1, -0.05) is 0 Å². The summed E-state index contributed by atoms with van der Waals surface area (Å²) < 4.78 is 1.88. The number of likely N-dealkylation sites (N-methyl/N-ethyl adjacent to an activating group) is 1. The van der Waals surface area contributed by atoms with Gasteiger partial charge in [0.05, 0.1) is 17.7 Å². The monoisotopic (exact) mass is 223 g/mol. The fraction of sp³-hybridized carbons (Fsp3) is 0.636. The Balaban J connectivity index is 2.22. The number of aromatic nitrogens is 2. The molecule has 0 radical (unpaired) electrons. The van der Waals surface area contributed by atoms with Gasteiger partial charge in [-0.25, -0.2) is 0 Å². The van der Waals surface area contributed by atoms with Crippen molar-refractivity contribution in [1.29, 1.82) is 0 Å². The van der Waals surface area contributed by atoms with Gasteiger partial charge in [0.25, 0.3) is 0 Å². The first-order valence-corrected chi connectivity index (χ1v) is 5.54. The fourth-order valence-corrected chi connectivity index (χ4v) is 2.21. The SMILES string of the molecule is CC(C(=O)O)c1ccnn1C1CCN(C)C1. The van der Waals surface area contributed by atoms with Crippen molar-refractivity contribution in [3.8, 4) is 0 Å². The Labute approximate surface area is 94.7 Å². The molecule has 0 bridgehead atoms. The lowest BCUT2D eigenvalue weighted by atomic mass is 10.1. The maximum Gasteiger partial charge on any atom is 0.312 e. The van der Waals surface area contributed by atoms with Gasteiger partial charge in [0.15, 0.2) is 0 Å². The molecule has 0 saturated carbocycles. The van der Waals surface area contributed by atoms with Crippen LogP contribution in [0.1, 0.15) is 31.0 Å². The van der Waals surface area contributed by atoms with Crippen LogP contribution in [0.3, 0.4) is 0 Å². The molecule has 2 rings (SSSR count). The molecule has 0 aromatic carbocycles. The van der Waals surface area contributed by atoms with Crippen LogP contribution in [-0.2, 0) is 4.79 Å². The Morgan fingerprint density at radius 1 is 1.69 bits per heavy atom. The lowest BCUT2D eigenvalue weighted by Gasteiger charge is -2.16. The Bertz CT molecular complexity index is 388. The van der Waals surface area contributed by atoms with Crippen LogP contribution in [0, 0.1) is 0 Å². The van der Waals surface area contributed by atoms with E-state index < -0.39 is 11.9 Å². The topological polar surface area (TPSA) is 58.4 Å². The fourth-order valence-electron chi connectivity index (χ4n) is 2.21. The molecule has 5 heteroatoms. The van der Waals surface area contributed by atoms with Crippen LogP contribution in [0.25, 0.3) is 0 Å². The predicted octanol–water partition coefficient (Wildman–Crippen LogP) is 0.948. The molecule has 1 aromatic rings. The van der Waals surface area contributed by atoms with Crippen molar-refractivity contribution in [3.63, 3.8) is 0 Å². The number of carboxylic acids is 1. The molecule has 0 aliphatic carbocycles. The van der Waals surface area contributed by atoms with E-state index in [9.17, 15) is 4.79 Å². The van der Waals surface area contributed by atoms with Crippen molar-refractivity contribution in [2.24, 2.45) is 0 Å². The number of likely N-dealkylation sites (tertiary alicyclic amines) is 1. The summed E-state index contributed by atoms with van der Waals surface area (Å²) in [6.45, 7) is 3.70. The van der Waals surface area contributed by atoms with Crippen molar-refractivity contribution < 1.29 is 9.90 Å². The van der Waals surface area contributed by atoms with E-state index in [4.69, 9.17) is 5.11 Å². The van der Waals surface area contributed by atoms with E-state index >= 15 is 0 Å². The normalized spacial score (nSPS) is 23.5. The third kappa shape index (κ3) is 1.95. The first-order valence-electron chi connectivity index (χ1n) is 5.54. The van der Waals surface area contributed by atoms with Gasteiger partial charge in [0.2, 0.25) is 0 Å². The lowest BCUT2D eigenvalue weighted by molar-refractivity contribution is -0.138. The summed E-state index contributed by atoms with van der Waals surface area (Å²) in [5.41, 5.74) is 0.799. The summed E-state index contributed by atoms with van der Waals surface area (Å²) in [5.74, 6) is -1.29. The highest BCUT2D eigenvalue weighted by molar-refractivity contribution is 5.74. The molecule has 1 N–H and O–H groups in total. The van der Waals surface area contributed by atoms with Crippen LogP contribution >= 0.6 is 0 Å². The smallest absolute Gasteiger partial charge is 0.312 e. The Hall–Kier alpha value is -1.36. The highest BCUT2D eigenvalue weighted by Crippen LogP contribution is 2.24. The molecule has 1 aliphatic rings. The minimum absolute atomic E-state index is 0.316. The van der Waals surface area contributed by atoms with Gasteiger partial charge < -0.3 is 10.0 Å². The summed E-state index contributed by atoms with van der Waals surface area (Å²) in [4.78, 5) is 13.2. The van der Waals surface area contributed by atoms with Crippen LogP contribution in [0.2, 0.25) is 0 Å². The van der Waals surface area contributed by atoms with Crippen LogP contribution in [-0.4, -0.2) is 45.9 Å². The Morgan fingerprint density at radius 3 is 3.00 bits per heavy atom. The largest absolute Gasteiger partial charge is 0.481 e. The van der Waals surface area contributed by atoms with Gasteiger partial charge >= 0.3 is 5.97 Å². The number of rotatable bonds is 3. The summed E-state index contributed by atoms with van der Waals surface area (Å²) in [5, 5.41) is 13.3. The number of carbonyl (C=O) groups is 1. The zero-order valence-corrected chi connectivity index (χ0v) is 9.63. The first-order chi connectivity index (χ1) is 7.59. The van der Waals surface area contributed by atoms with Crippen LogP contribution in [0.4, 0.5) is 0 Å². The van der Waals surface area contributed by atoms with Gasteiger partial charge in [-0.3, -0.25) is 9.48 Å². The van der Waals surface area contributed by atoms with Gasteiger partial charge in [-0.15, -0.1) is 0 Å². The molecule has 5 nitrogen and oxygen atoms in total. The highest BCUT2D eigenvalue weighted by Gasteiger charge is 2.26. The molecular formula is C11H17N3O2. The van der Waals surface area contributed by atoms with Crippen LogP contribution in [0.5, 0.6) is 0 Å². The average molecular weight is 223 g/mol. The third-order valence-corrected chi connectivity index (χ3v) is 3.23.